The first-order valence-corrected chi connectivity index (χ1v) is 4.87. The van der Waals surface area contributed by atoms with E-state index in [9.17, 15) is 4.39 Å². The smallest absolute Gasteiger partial charge is 0.188 e. The summed E-state index contributed by atoms with van der Waals surface area (Å²) in [5.41, 5.74) is 0.538. The predicted molar refractivity (Wildman–Crippen MR) is 54.2 cm³/mol. The zero-order valence-electron chi connectivity index (χ0n) is 8.22. The minimum Gasteiger partial charge on any atom is -0.494 e. The van der Waals surface area contributed by atoms with Crippen molar-refractivity contribution in [2.75, 3.05) is 19.0 Å². The van der Waals surface area contributed by atoms with Crippen molar-refractivity contribution >= 4 is 5.69 Å². The number of rotatable bonds is 4. The van der Waals surface area contributed by atoms with Crippen molar-refractivity contribution in [1.29, 1.82) is 0 Å². The van der Waals surface area contributed by atoms with Crippen LogP contribution in [-0.2, 0) is 0 Å². The monoisotopic (exact) mass is 195 g/mol. The van der Waals surface area contributed by atoms with Crippen molar-refractivity contribution in [3.05, 3.63) is 24.0 Å². The van der Waals surface area contributed by atoms with Crippen LogP contribution in [0.2, 0.25) is 0 Å². The fourth-order valence-electron chi connectivity index (χ4n) is 1.38. The summed E-state index contributed by atoms with van der Waals surface area (Å²) in [5.74, 6) is 0.738. The maximum Gasteiger partial charge on any atom is 0.188 e. The molecule has 1 aliphatic carbocycles. The molecule has 0 aliphatic heterocycles. The second-order valence-electron chi connectivity index (χ2n) is 3.65. The number of hydrogen-bond donors (Lipinski definition) is 1. The van der Waals surface area contributed by atoms with Crippen LogP contribution >= 0.6 is 0 Å². The molecular formula is C11H14FNO. The number of hydrogen-bond acceptors (Lipinski definition) is 2. The highest BCUT2D eigenvalue weighted by Gasteiger charge is 2.21. The van der Waals surface area contributed by atoms with E-state index in [2.05, 4.69) is 5.32 Å². The second-order valence-corrected chi connectivity index (χ2v) is 3.65. The van der Waals surface area contributed by atoms with Crippen molar-refractivity contribution in [2.45, 2.75) is 12.8 Å². The van der Waals surface area contributed by atoms with Gasteiger partial charge in [-0.05, 0) is 30.9 Å². The Morgan fingerprint density at radius 3 is 2.93 bits per heavy atom. The Bertz CT molecular complexity index is 323. The first kappa shape index (κ1) is 9.31. The van der Waals surface area contributed by atoms with E-state index in [0.29, 0.717) is 11.4 Å². The zero-order chi connectivity index (χ0) is 9.97. The Morgan fingerprint density at radius 2 is 2.29 bits per heavy atom. The van der Waals surface area contributed by atoms with E-state index in [-0.39, 0.29) is 5.82 Å². The summed E-state index contributed by atoms with van der Waals surface area (Å²) in [7, 11) is 1.48. The lowest BCUT2D eigenvalue weighted by atomic mass is 10.2. The molecule has 1 fully saturated rings. The van der Waals surface area contributed by atoms with Crippen molar-refractivity contribution in [3.63, 3.8) is 0 Å². The Balaban J connectivity index is 2.06. The number of halogens is 1. The topological polar surface area (TPSA) is 21.3 Å². The van der Waals surface area contributed by atoms with Crippen LogP contribution in [0.4, 0.5) is 10.1 Å². The van der Waals surface area contributed by atoms with Crippen LogP contribution < -0.4 is 10.1 Å². The summed E-state index contributed by atoms with van der Waals surface area (Å²) >= 11 is 0. The third kappa shape index (κ3) is 1.97. The van der Waals surface area contributed by atoms with Gasteiger partial charge in [0.1, 0.15) is 0 Å². The summed E-state index contributed by atoms with van der Waals surface area (Å²) < 4.78 is 18.4. The van der Waals surface area contributed by atoms with Gasteiger partial charge in [0.15, 0.2) is 11.6 Å². The molecule has 1 aromatic rings. The van der Waals surface area contributed by atoms with Crippen LogP contribution in [0.25, 0.3) is 0 Å². The molecule has 1 aromatic carbocycles. The van der Waals surface area contributed by atoms with E-state index in [1.807, 2.05) is 0 Å². The van der Waals surface area contributed by atoms with Gasteiger partial charge in [-0.25, -0.2) is 4.39 Å². The number of anilines is 1. The van der Waals surface area contributed by atoms with Gasteiger partial charge in [0.2, 0.25) is 0 Å². The average molecular weight is 195 g/mol. The molecule has 0 saturated heterocycles. The van der Waals surface area contributed by atoms with Crippen LogP contribution in [0.3, 0.4) is 0 Å². The molecule has 0 spiro atoms. The molecular weight excluding hydrogens is 181 g/mol. The standard InChI is InChI=1S/C11H14FNO/c1-14-10-4-2-3-9(11(10)12)13-7-8-5-6-8/h2-4,8,13H,5-7H2,1H3. The van der Waals surface area contributed by atoms with E-state index in [0.717, 1.165) is 12.5 Å². The lowest BCUT2D eigenvalue weighted by molar-refractivity contribution is 0.387. The second kappa shape index (κ2) is 3.86. The fourth-order valence-corrected chi connectivity index (χ4v) is 1.38. The van der Waals surface area contributed by atoms with Crippen LogP contribution in [0, 0.1) is 11.7 Å². The van der Waals surface area contributed by atoms with Gasteiger partial charge in [-0.3, -0.25) is 0 Å². The van der Waals surface area contributed by atoms with Crippen molar-refractivity contribution in [2.24, 2.45) is 5.92 Å². The lowest BCUT2D eigenvalue weighted by Crippen LogP contribution is -2.05. The molecule has 14 heavy (non-hydrogen) atoms. The largest absolute Gasteiger partial charge is 0.494 e. The van der Waals surface area contributed by atoms with Gasteiger partial charge in [-0.1, -0.05) is 6.07 Å². The van der Waals surface area contributed by atoms with Crippen LogP contribution in [-0.4, -0.2) is 13.7 Å². The average Bonchev–Trinajstić information content (AvgIpc) is 3.00. The van der Waals surface area contributed by atoms with Crippen LogP contribution in [0.15, 0.2) is 18.2 Å². The fraction of sp³-hybridized carbons (Fsp3) is 0.455. The van der Waals surface area contributed by atoms with E-state index < -0.39 is 0 Å². The molecule has 0 unspecified atom stereocenters. The molecule has 0 aromatic heterocycles. The first-order valence-electron chi connectivity index (χ1n) is 4.87. The Morgan fingerprint density at radius 1 is 1.50 bits per heavy atom. The van der Waals surface area contributed by atoms with Gasteiger partial charge < -0.3 is 10.1 Å². The van der Waals surface area contributed by atoms with Crippen LogP contribution in [0.1, 0.15) is 12.8 Å². The molecule has 0 heterocycles. The maximum atomic E-state index is 13.6. The molecule has 0 radical (unpaired) electrons. The number of methoxy groups -OCH3 is 1. The predicted octanol–water partition coefficient (Wildman–Crippen LogP) is 2.66. The van der Waals surface area contributed by atoms with E-state index in [4.69, 9.17) is 4.74 Å². The first-order chi connectivity index (χ1) is 6.81. The van der Waals surface area contributed by atoms with Crippen molar-refractivity contribution in [1.82, 2.24) is 0 Å². The molecule has 0 bridgehead atoms. The molecule has 1 N–H and O–H groups in total. The Kier molecular flexibility index (Phi) is 2.57. The number of ether oxygens (including phenoxy) is 1. The van der Waals surface area contributed by atoms with Gasteiger partial charge >= 0.3 is 0 Å². The maximum absolute atomic E-state index is 13.6. The molecule has 1 aliphatic rings. The van der Waals surface area contributed by atoms with Crippen molar-refractivity contribution in [3.8, 4) is 5.75 Å². The van der Waals surface area contributed by atoms with E-state index in [1.165, 1.54) is 20.0 Å². The zero-order valence-corrected chi connectivity index (χ0v) is 8.22. The summed E-state index contributed by atoms with van der Waals surface area (Å²) in [6.45, 7) is 0.865. The molecule has 76 valence electrons. The summed E-state index contributed by atoms with van der Waals surface area (Å²) in [4.78, 5) is 0. The van der Waals surface area contributed by atoms with Gasteiger partial charge in [0, 0.05) is 6.54 Å². The van der Waals surface area contributed by atoms with E-state index >= 15 is 0 Å². The van der Waals surface area contributed by atoms with Gasteiger partial charge in [0.25, 0.3) is 0 Å². The summed E-state index contributed by atoms with van der Waals surface area (Å²) in [5, 5.41) is 3.09. The third-order valence-corrected chi connectivity index (χ3v) is 2.46. The highest BCUT2D eigenvalue weighted by Crippen LogP contribution is 2.30. The normalized spacial score (nSPS) is 15.3. The number of benzene rings is 1. The third-order valence-electron chi connectivity index (χ3n) is 2.46. The molecule has 1 saturated carbocycles. The number of nitrogens with one attached hydrogen (secondary N) is 1. The van der Waals surface area contributed by atoms with Crippen LogP contribution in [0.5, 0.6) is 5.75 Å². The summed E-state index contributed by atoms with van der Waals surface area (Å²) in [6.07, 6.45) is 2.52. The van der Waals surface area contributed by atoms with Gasteiger partial charge in [-0.15, -0.1) is 0 Å². The molecule has 0 atom stereocenters. The Hall–Kier alpha value is -1.25. The van der Waals surface area contributed by atoms with Gasteiger partial charge in [0.05, 0.1) is 12.8 Å². The summed E-state index contributed by atoms with van der Waals surface area (Å²) in [6, 6.07) is 5.15. The van der Waals surface area contributed by atoms with Crippen molar-refractivity contribution < 1.29 is 9.13 Å². The lowest BCUT2D eigenvalue weighted by Gasteiger charge is -2.09. The minimum absolute atomic E-state index is 0.296. The highest BCUT2D eigenvalue weighted by atomic mass is 19.1. The highest BCUT2D eigenvalue weighted by molar-refractivity contribution is 5.50. The molecule has 2 rings (SSSR count). The SMILES string of the molecule is COc1cccc(NCC2CC2)c1F. The molecule has 2 nitrogen and oxygen atoms in total. The molecule has 0 amide bonds. The Labute approximate surface area is 83.1 Å². The minimum atomic E-state index is -0.296. The quantitative estimate of drug-likeness (QED) is 0.797. The van der Waals surface area contributed by atoms with E-state index in [1.54, 1.807) is 18.2 Å². The molecule has 3 heteroatoms. The van der Waals surface area contributed by atoms with Gasteiger partial charge in [-0.2, -0.15) is 0 Å².